The highest BCUT2D eigenvalue weighted by atomic mass is 32.1. The minimum absolute atomic E-state index is 0.764. The van der Waals surface area contributed by atoms with Crippen molar-refractivity contribution in [2.24, 2.45) is 10.4 Å². The van der Waals surface area contributed by atoms with Crippen molar-refractivity contribution in [3.05, 3.63) is 72.2 Å². The standard InChI is InChI=1S/C15H13N5S/c1-3-7-13(8-4-1)17-18-19-20(15-16-11-12-21-15)14-9-5-2-6-10-14/h1-12H,(H,17,19). The Balaban J connectivity index is 1.80. The summed E-state index contributed by atoms with van der Waals surface area (Å²) < 4.78 is 0. The number of nitrogens with one attached hydrogen (secondary N) is 1. The smallest absolute Gasteiger partial charge is 0.212 e. The van der Waals surface area contributed by atoms with Gasteiger partial charge in [0.05, 0.1) is 11.4 Å². The van der Waals surface area contributed by atoms with Crippen LogP contribution >= 0.6 is 11.3 Å². The molecule has 6 heteroatoms. The van der Waals surface area contributed by atoms with Crippen molar-refractivity contribution >= 4 is 27.8 Å². The molecule has 5 nitrogen and oxygen atoms in total. The van der Waals surface area contributed by atoms with Crippen LogP contribution in [0, 0.1) is 0 Å². The fourth-order valence-corrected chi connectivity index (χ4v) is 2.33. The average Bonchev–Trinajstić information content (AvgIpc) is 3.07. The lowest BCUT2D eigenvalue weighted by atomic mass is 10.3. The van der Waals surface area contributed by atoms with Crippen LogP contribution in [0.1, 0.15) is 0 Å². The predicted molar refractivity (Wildman–Crippen MR) is 85.6 cm³/mol. The van der Waals surface area contributed by atoms with Crippen molar-refractivity contribution in [1.82, 2.24) is 4.98 Å². The van der Waals surface area contributed by atoms with Crippen LogP contribution in [-0.4, -0.2) is 4.98 Å². The van der Waals surface area contributed by atoms with Gasteiger partial charge in [-0.15, -0.1) is 11.3 Å². The van der Waals surface area contributed by atoms with E-state index in [4.69, 9.17) is 0 Å². The third kappa shape index (κ3) is 3.43. The number of aromatic nitrogens is 1. The van der Waals surface area contributed by atoms with Gasteiger partial charge in [-0.1, -0.05) is 41.6 Å². The van der Waals surface area contributed by atoms with Crippen LogP contribution in [0.4, 0.5) is 16.5 Å². The number of hydrogen-bond donors (Lipinski definition) is 1. The molecule has 1 aromatic heterocycles. The van der Waals surface area contributed by atoms with Crippen LogP contribution in [-0.2, 0) is 0 Å². The Morgan fingerprint density at radius 2 is 1.67 bits per heavy atom. The Kier molecular flexibility index (Phi) is 4.18. The van der Waals surface area contributed by atoms with Crippen LogP contribution in [0.3, 0.4) is 0 Å². The Morgan fingerprint density at radius 3 is 2.33 bits per heavy atom. The van der Waals surface area contributed by atoms with E-state index < -0.39 is 0 Å². The van der Waals surface area contributed by atoms with Crippen molar-refractivity contribution in [3.63, 3.8) is 0 Å². The first-order chi connectivity index (χ1) is 10.4. The lowest BCUT2D eigenvalue weighted by Gasteiger charge is -2.13. The third-order valence-corrected chi connectivity index (χ3v) is 3.44. The van der Waals surface area contributed by atoms with E-state index in [9.17, 15) is 0 Å². The molecule has 0 atom stereocenters. The number of nitrogens with zero attached hydrogens (tertiary/aromatic N) is 4. The lowest BCUT2D eigenvalue weighted by molar-refractivity contribution is 0.931. The average molecular weight is 295 g/mol. The van der Waals surface area contributed by atoms with Gasteiger partial charge in [-0.25, -0.2) is 4.98 Å². The van der Waals surface area contributed by atoms with Crippen molar-refractivity contribution in [2.45, 2.75) is 0 Å². The van der Waals surface area contributed by atoms with Gasteiger partial charge in [0.2, 0.25) is 5.13 Å². The zero-order chi connectivity index (χ0) is 14.3. The van der Waals surface area contributed by atoms with E-state index in [1.54, 1.807) is 11.2 Å². The predicted octanol–water partition coefficient (Wildman–Crippen LogP) is 4.68. The molecule has 104 valence electrons. The minimum Gasteiger partial charge on any atom is -0.258 e. The summed E-state index contributed by atoms with van der Waals surface area (Å²) >= 11 is 1.51. The van der Waals surface area contributed by atoms with Gasteiger partial charge in [-0.3, -0.25) is 5.43 Å². The molecule has 21 heavy (non-hydrogen) atoms. The summed E-state index contributed by atoms with van der Waals surface area (Å²) in [4.78, 5) is 4.28. The highest BCUT2D eigenvalue weighted by molar-refractivity contribution is 7.13. The van der Waals surface area contributed by atoms with Gasteiger partial charge in [-0.2, -0.15) is 5.01 Å². The zero-order valence-corrected chi connectivity index (χ0v) is 11.9. The van der Waals surface area contributed by atoms with E-state index in [0.717, 1.165) is 16.5 Å². The van der Waals surface area contributed by atoms with Gasteiger partial charge >= 0.3 is 0 Å². The van der Waals surface area contributed by atoms with Crippen molar-refractivity contribution in [1.29, 1.82) is 0 Å². The Hall–Kier alpha value is -2.73. The first kappa shape index (κ1) is 13.3. The molecular formula is C15H13N5S. The molecule has 1 heterocycles. The highest BCUT2D eigenvalue weighted by Crippen LogP contribution is 2.27. The number of para-hydroxylation sites is 2. The second kappa shape index (κ2) is 6.62. The molecule has 0 spiro atoms. The van der Waals surface area contributed by atoms with E-state index in [1.807, 2.05) is 66.0 Å². The van der Waals surface area contributed by atoms with Crippen molar-refractivity contribution < 1.29 is 0 Å². The third-order valence-electron chi connectivity index (χ3n) is 2.69. The molecule has 0 aliphatic carbocycles. The van der Waals surface area contributed by atoms with Crippen molar-refractivity contribution in [2.75, 3.05) is 10.4 Å². The Morgan fingerprint density at radius 1 is 0.952 bits per heavy atom. The summed E-state index contributed by atoms with van der Waals surface area (Å²) in [7, 11) is 0. The molecule has 0 aliphatic heterocycles. The van der Waals surface area contributed by atoms with Gasteiger partial charge in [-0.05, 0) is 29.5 Å². The Labute approximate surface area is 126 Å². The second-order valence-corrected chi connectivity index (χ2v) is 5.00. The summed E-state index contributed by atoms with van der Waals surface area (Å²) in [6, 6.07) is 19.5. The molecular weight excluding hydrogens is 282 g/mol. The molecule has 0 amide bonds. The quantitative estimate of drug-likeness (QED) is 0.549. The van der Waals surface area contributed by atoms with E-state index in [2.05, 4.69) is 20.9 Å². The fraction of sp³-hybridized carbons (Fsp3) is 0. The van der Waals surface area contributed by atoms with Gasteiger partial charge in [0.1, 0.15) is 0 Å². The normalized spacial score (nSPS) is 10.7. The van der Waals surface area contributed by atoms with Crippen LogP contribution in [0.15, 0.2) is 82.7 Å². The highest BCUT2D eigenvalue weighted by Gasteiger charge is 2.10. The zero-order valence-electron chi connectivity index (χ0n) is 11.1. The number of benzene rings is 2. The molecule has 0 unspecified atom stereocenters. The molecule has 0 bridgehead atoms. The molecule has 3 rings (SSSR count). The maximum Gasteiger partial charge on any atom is 0.212 e. The molecule has 0 saturated carbocycles. The van der Waals surface area contributed by atoms with Crippen LogP contribution in [0.5, 0.6) is 0 Å². The SMILES string of the molecule is c1ccc(NN=NN(c2ccccc2)c2nccs2)cc1. The first-order valence-electron chi connectivity index (χ1n) is 6.40. The molecule has 0 saturated heterocycles. The molecule has 0 aliphatic rings. The van der Waals surface area contributed by atoms with Crippen LogP contribution in [0.2, 0.25) is 0 Å². The summed E-state index contributed by atoms with van der Waals surface area (Å²) in [5.74, 6) is 0. The molecule has 3 aromatic rings. The summed E-state index contributed by atoms with van der Waals surface area (Å²) in [6.45, 7) is 0. The van der Waals surface area contributed by atoms with E-state index >= 15 is 0 Å². The first-order valence-corrected chi connectivity index (χ1v) is 7.28. The maximum atomic E-state index is 4.28. The fourth-order valence-electron chi connectivity index (χ4n) is 1.73. The summed E-state index contributed by atoms with van der Waals surface area (Å²) in [5.41, 5.74) is 4.69. The van der Waals surface area contributed by atoms with Crippen LogP contribution in [0.25, 0.3) is 0 Å². The maximum absolute atomic E-state index is 4.28. The van der Waals surface area contributed by atoms with Gasteiger partial charge < -0.3 is 0 Å². The molecule has 0 radical (unpaired) electrons. The van der Waals surface area contributed by atoms with E-state index in [-0.39, 0.29) is 0 Å². The molecule has 2 aromatic carbocycles. The number of thiazole rings is 1. The number of hydrogen-bond acceptors (Lipinski definition) is 4. The van der Waals surface area contributed by atoms with Gasteiger partial charge in [0.15, 0.2) is 0 Å². The minimum atomic E-state index is 0.764. The molecule has 0 fully saturated rings. The van der Waals surface area contributed by atoms with Gasteiger partial charge in [0, 0.05) is 11.6 Å². The molecule has 1 N–H and O–H groups in total. The Bertz CT molecular complexity index is 683. The summed E-state index contributed by atoms with van der Waals surface area (Å²) in [5, 5.41) is 12.6. The largest absolute Gasteiger partial charge is 0.258 e. The second-order valence-electron chi connectivity index (χ2n) is 4.13. The lowest BCUT2D eigenvalue weighted by Crippen LogP contribution is -2.08. The topological polar surface area (TPSA) is 52.9 Å². The van der Waals surface area contributed by atoms with Crippen molar-refractivity contribution in [3.8, 4) is 0 Å². The van der Waals surface area contributed by atoms with E-state index in [0.29, 0.717) is 0 Å². The summed E-state index contributed by atoms with van der Waals surface area (Å²) in [6.07, 6.45) is 1.75. The monoisotopic (exact) mass is 295 g/mol. The number of anilines is 3. The van der Waals surface area contributed by atoms with E-state index in [1.165, 1.54) is 11.3 Å². The van der Waals surface area contributed by atoms with Crippen LogP contribution < -0.4 is 10.4 Å². The number of rotatable bonds is 5. The van der Waals surface area contributed by atoms with Gasteiger partial charge in [0.25, 0.3) is 0 Å².